The lowest BCUT2D eigenvalue weighted by Crippen LogP contribution is -2.19. The minimum Gasteiger partial charge on any atom is -0.492 e. The molecule has 0 atom stereocenters. The fourth-order valence-corrected chi connectivity index (χ4v) is 4.30. The van der Waals surface area contributed by atoms with Crippen LogP contribution in [-0.4, -0.2) is 34.6 Å². The van der Waals surface area contributed by atoms with Crippen molar-refractivity contribution in [3.8, 4) is 5.75 Å². The highest BCUT2D eigenvalue weighted by Gasteiger charge is 2.22. The van der Waals surface area contributed by atoms with Crippen molar-refractivity contribution >= 4 is 34.0 Å². The number of thiazole rings is 1. The molecule has 30 heavy (non-hydrogen) atoms. The summed E-state index contributed by atoms with van der Waals surface area (Å²) in [6.45, 7) is 2.22. The van der Waals surface area contributed by atoms with E-state index in [4.69, 9.17) is 4.74 Å². The number of ether oxygens (including phenoxy) is 1. The molecular formula is C22H21N3O4S. The van der Waals surface area contributed by atoms with E-state index in [2.05, 4.69) is 27.8 Å². The monoisotopic (exact) mass is 423 g/mol. The van der Waals surface area contributed by atoms with Gasteiger partial charge in [-0.3, -0.25) is 4.79 Å². The lowest BCUT2D eigenvalue weighted by atomic mass is 10.1. The maximum Gasteiger partial charge on any atom is 0.335 e. The lowest BCUT2D eigenvalue weighted by Gasteiger charge is -2.12. The molecule has 2 aromatic carbocycles. The fraction of sp³-hybridized carbons (Fsp3) is 0.227. The van der Waals surface area contributed by atoms with Crippen LogP contribution in [0, 0.1) is 0 Å². The summed E-state index contributed by atoms with van der Waals surface area (Å²) >= 11 is 1.26. The van der Waals surface area contributed by atoms with Crippen molar-refractivity contribution in [2.24, 2.45) is 0 Å². The summed E-state index contributed by atoms with van der Waals surface area (Å²) in [7, 11) is 0. The zero-order valence-electron chi connectivity index (χ0n) is 16.3. The minimum atomic E-state index is -1.07. The maximum absolute atomic E-state index is 12.7. The molecule has 1 aliphatic rings. The number of anilines is 2. The quantitative estimate of drug-likeness (QED) is 0.530. The molecule has 7 nitrogen and oxygen atoms in total. The van der Waals surface area contributed by atoms with Crippen molar-refractivity contribution in [3.05, 3.63) is 70.2 Å². The third-order valence-electron chi connectivity index (χ3n) is 4.88. The first-order valence-electron chi connectivity index (χ1n) is 9.64. The summed E-state index contributed by atoms with van der Waals surface area (Å²) in [5.74, 6) is -1.02. The van der Waals surface area contributed by atoms with Crippen LogP contribution >= 0.6 is 11.3 Å². The van der Waals surface area contributed by atoms with E-state index in [-0.39, 0.29) is 17.5 Å². The summed E-state index contributed by atoms with van der Waals surface area (Å²) in [5, 5.41) is 16.0. The molecule has 0 radical (unpaired) electrons. The van der Waals surface area contributed by atoms with Crippen LogP contribution in [0.25, 0.3) is 0 Å². The van der Waals surface area contributed by atoms with Crippen LogP contribution in [0.3, 0.4) is 0 Å². The summed E-state index contributed by atoms with van der Waals surface area (Å²) < 4.78 is 5.50. The van der Waals surface area contributed by atoms with Crippen molar-refractivity contribution in [2.75, 3.05) is 17.2 Å². The van der Waals surface area contributed by atoms with Crippen LogP contribution < -0.4 is 15.4 Å². The van der Waals surface area contributed by atoms with Gasteiger partial charge in [-0.25, -0.2) is 9.78 Å². The zero-order valence-corrected chi connectivity index (χ0v) is 17.2. The van der Waals surface area contributed by atoms with E-state index in [1.807, 2.05) is 19.1 Å². The van der Waals surface area contributed by atoms with Gasteiger partial charge in [0.1, 0.15) is 10.6 Å². The van der Waals surface area contributed by atoms with E-state index in [9.17, 15) is 14.7 Å². The molecule has 0 unspecified atom stereocenters. The normalized spacial score (nSPS) is 13.0. The van der Waals surface area contributed by atoms with Gasteiger partial charge < -0.3 is 20.5 Å². The zero-order chi connectivity index (χ0) is 21.1. The average Bonchev–Trinajstić information content (AvgIpc) is 3.36. The molecule has 3 N–H and O–H groups in total. The van der Waals surface area contributed by atoms with Crippen LogP contribution in [0.1, 0.15) is 38.1 Å². The Morgan fingerprint density at radius 1 is 1.20 bits per heavy atom. The number of hydrogen-bond donors (Lipinski definition) is 3. The van der Waals surface area contributed by atoms with Gasteiger partial charge in [0.2, 0.25) is 0 Å². The fourth-order valence-electron chi connectivity index (χ4n) is 3.51. The highest BCUT2D eigenvalue weighted by Crippen LogP contribution is 2.29. The second kappa shape index (κ2) is 8.54. The number of rotatable bonds is 7. The van der Waals surface area contributed by atoms with E-state index < -0.39 is 5.97 Å². The van der Waals surface area contributed by atoms with E-state index in [0.717, 1.165) is 12.8 Å². The molecule has 0 aliphatic heterocycles. The van der Waals surface area contributed by atoms with Crippen LogP contribution in [0.5, 0.6) is 5.75 Å². The molecule has 0 bridgehead atoms. The number of carboxylic acids is 1. The van der Waals surface area contributed by atoms with Crippen molar-refractivity contribution in [3.63, 3.8) is 0 Å². The number of hydrogen-bond acceptors (Lipinski definition) is 6. The Bertz CT molecular complexity index is 1070. The van der Waals surface area contributed by atoms with Crippen molar-refractivity contribution in [1.29, 1.82) is 0 Å². The number of nitrogens with one attached hydrogen (secondary N) is 2. The molecule has 1 amide bonds. The number of aromatic carboxylic acids is 1. The molecule has 1 aliphatic carbocycles. The molecule has 0 saturated carbocycles. The molecule has 0 fully saturated rings. The van der Waals surface area contributed by atoms with Gasteiger partial charge in [0, 0.05) is 6.04 Å². The van der Waals surface area contributed by atoms with Gasteiger partial charge in [-0.15, -0.1) is 0 Å². The van der Waals surface area contributed by atoms with Gasteiger partial charge in [0.15, 0.2) is 5.13 Å². The molecular weight excluding hydrogens is 402 g/mol. The third-order valence-corrected chi connectivity index (χ3v) is 5.81. The van der Waals surface area contributed by atoms with Gasteiger partial charge in [0.25, 0.3) is 5.91 Å². The Labute approximate surface area is 177 Å². The van der Waals surface area contributed by atoms with Gasteiger partial charge in [-0.1, -0.05) is 35.6 Å². The van der Waals surface area contributed by atoms with Crippen molar-refractivity contribution in [2.45, 2.75) is 25.8 Å². The molecule has 1 aromatic heterocycles. The Morgan fingerprint density at radius 3 is 2.60 bits per heavy atom. The van der Waals surface area contributed by atoms with Crippen LogP contribution in [0.2, 0.25) is 0 Å². The Balaban J connectivity index is 1.45. The number of nitrogens with zero attached hydrogens (tertiary/aromatic N) is 1. The molecule has 0 spiro atoms. The molecule has 154 valence electrons. The highest BCUT2D eigenvalue weighted by atomic mass is 32.1. The second-order valence-electron chi connectivity index (χ2n) is 6.95. The number of amides is 1. The highest BCUT2D eigenvalue weighted by molar-refractivity contribution is 7.17. The molecule has 1 heterocycles. The third kappa shape index (κ3) is 4.28. The van der Waals surface area contributed by atoms with Crippen LogP contribution in [-0.2, 0) is 12.8 Å². The van der Waals surface area contributed by atoms with Gasteiger partial charge >= 0.3 is 5.97 Å². The van der Waals surface area contributed by atoms with Crippen molar-refractivity contribution in [1.82, 2.24) is 4.98 Å². The first kappa shape index (κ1) is 19.9. The Hall–Kier alpha value is -3.39. The first-order chi connectivity index (χ1) is 14.5. The molecule has 8 heteroatoms. The smallest absolute Gasteiger partial charge is 0.335 e. The molecule has 0 saturated heterocycles. The van der Waals surface area contributed by atoms with E-state index in [0.29, 0.717) is 28.1 Å². The number of fused-ring (bicyclic) bond motifs is 1. The van der Waals surface area contributed by atoms with E-state index >= 15 is 0 Å². The number of benzene rings is 2. The summed E-state index contributed by atoms with van der Waals surface area (Å²) in [6.07, 6.45) is 3.37. The average molecular weight is 423 g/mol. The van der Waals surface area contributed by atoms with Gasteiger partial charge in [0.05, 0.1) is 24.1 Å². The second-order valence-corrected chi connectivity index (χ2v) is 7.98. The first-order valence-corrected chi connectivity index (χ1v) is 10.5. The van der Waals surface area contributed by atoms with E-state index in [1.165, 1.54) is 40.8 Å². The number of carbonyl (C=O) groups is 2. The van der Waals surface area contributed by atoms with Crippen LogP contribution in [0.15, 0.2) is 48.7 Å². The Morgan fingerprint density at radius 2 is 1.93 bits per heavy atom. The van der Waals surface area contributed by atoms with Crippen molar-refractivity contribution < 1.29 is 19.4 Å². The molecule has 3 aromatic rings. The minimum absolute atomic E-state index is 0.0706. The molecule has 4 rings (SSSR count). The standard InChI is InChI=1S/C22H21N3O4S/c1-2-29-18-8-7-15(21(27)28)11-17(18)25-20(26)19-12-23-22(30-19)24-16-9-13-5-3-4-6-14(13)10-16/h3-8,11-12,16H,2,9-10H2,1H3,(H,23,24)(H,25,26)(H,27,28). The number of carboxylic acid groups (broad SMARTS) is 1. The maximum atomic E-state index is 12.7. The SMILES string of the molecule is CCOc1ccc(C(=O)O)cc1NC(=O)c1cnc(NC2Cc3ccccc3C2)s1. The summed E-state index contributed by atoms with van der Waals surface area (Å²) in [4.78, 5) is 28.7. The lowest BCUT2D eigenvalue weighted by molar-refractivity contribution is 0.0696. The number of aromatic nitrogens is 1. The predicted octanol–water partition coefficient (Wildman–Crippen LogP) is 4.07. The summed E-state index contributed by atoms with van der Waals surface area (Å²) in [5.41, 5.74) is 3.06. The largest absolute Gasteiger partial charge is 0.492 e. The van der Waals surface area contributed by atoms with Crippen LogP contribution in [0.4, 0.5) is 10.8 Å². The topological polar surface area (TPSA) is 101 Å². The van der Waals surface area contributed by atoms with Gasteiger partial charge in [-0.05, 0) is 49.1 Å². The predicted molar refractivity (Wildman–Crippen MR) is 116 cm³/mol. The summed E-state index contributed by atoms with van der Waals surface area (Å²) in [6, 6.07) is 13.0. The van der Waals surface area contributed by atoms with Gasteiger partial charge in [-0.2, -0.15) is 0 Å². The number of carbonyl (C=O) groups excluding carboxylic acids is 1. The van der Waals surface area contributed by atoms with E-state index in [1.54, 1.807) is 6.07 Å². The Kier molecular flexibility index (Phi) is 5.67.